The van der Waals surface area contributed by atoms with Crippen LogP contribution in [0.5, 0.6) is 0 Å². The number of nitrogens with one attached hydrogen (secondary N) is 2. The Balaban J connectivity index is 1.67. The van der Waals surface area contributed by atoms with Gasteiger partial charge in [0.25, 0.3) is 0 Å². The summed E-state index contributed by atoms with van der Waals surface area (Å²) in [5.74, 6) is 0.816. The molecule has 0 aromatic heterocycles. The molecule has 5 unspecified atom stereocenters. The van der Waals surface area contributed by atoms with E-state index in [1.165, 1.54) is 12.8 Å². The molecule has 2 bridgehead atoms. The number of carbonyl (C=O) groups excluding carboxylic acids is 1. The van der Waals surface area contributed by atoms with Gasteiger partial charge in [-0.25, -0.2) is 0 Å². The second-order valence-corrected chi connectivity index (χ2v) is 7.52. The number of aliphatic hydroxyl groups is 1. The molecule has 3 N–H and O–H groups in total. The zero-order valence-corrected chi connectivity index (χ0v) is 12.2. The first kappa shape index (κ1) is 13.4. The maximum absolute atomic E-state index is 12.3. The van der Waals surface area contributed by atoms with Crippen molar-refractivity contribution < 1.29 is 9.90 Å². The van der Waals surface area contributed by atoms with Gasteiger partial charge in [-0.15, -0.1) is 0 Å². The van der Waals surface area contributed by atoms with E-state index in [0.29, 0.717) is 24.4 Å². The Morgan fingerprint density at radius 2 is 2.05 bits per heavy atom. The number of carbonyl (C=O) groups is 1. The van der Waals surface area contributed by atoms with Crippen LogP contribution in [0.2, 0.25) is 0 Å². The van der Waals surface area contributed by atoms with Gasteiger partial charge in [0.15, 0.2) is 0 Å². The molecule has 3 fully saturated rings. The zero-order chi connectivity index (χ0) is 13.8. The Kier molecular flexibility index (Phi) is 2.95. The van der Waals surface area contributed by atoms with Crippen molar-refractivity contribution >= 4 is 5.91 Å². The van der Waals surface area contributed by atoms with Crippen LogP contribution in [0, 0.1) is 16.7 Å². The van der Waals surface area contributed by atoms with Gasteiger partial charge in [0.1, 0.15) is 0 Å². The lowest BCUT2D eigenvalue weighted by Crippen LogP contribution is -2.51. The number of amides is 1. The van der Waals surface area contributed by atoms with E-state index in [-0.39, 0.29) is 23.5 Å². The highest BCUT2D eigenvalue weighted by molar-refractivity contribution is 5.82. The van der Waals surface area contributed by atoms with Crippen LogP contribution in [0.15, 0.2) is 0 Å². The summed E-state index contributed by atoms with van der Waals surface area (Å²) < 4.78 is 0. The molecule has 2 saturated carbocycles. The quantitative estimate of drug-likeness (QED) is 0.700. The first-order valence-electron chi connectivity index (χ1n) is 7.56. The van der Waals surface area contributed by atoms with Crippen molar-refractivity contribution in [1.29, 1.82) is 0 Å². The van der Waals surface area contributed by atoms with Crippen molar-refractivity contribution in [2.75, 3.05) is 6.54 Å². The van der Waals surface area contributed by atoms with Gasteiger partial charge >= 0.3 is 0 Å². The Hall–Kier alpha value is -0.610. The molecule has 0 spiro atoms. The number of hydrogen-bond donors (Lipinski definition) is 3. The number of aliphatic hydroxyl groups excluding tert-OH is 1. The van der Waals surface area contributed by atoms with E-state index in [9.17, 15) is 9.90 Å². The summed E-state index contributed by atoms with van der Waals surface area (Å²) in [6.45, 7) is 7.58. The zero-order valence-electron chi connectivity index (χ0n) is 12.2. The maximum Gasteiger partial charge on any atom is 0.237 e. The van der Waals surface area contributed by atoms with E-state index >= 15 is 0 Å². The molecule has 1 saturated heterocycles. The van der Waals surface area contributed by atoms with Crippen LogP contribution in [0.3, 0.4) is 0 Å². The fourth-order valence-corrected chi connectivity index (χ4v) is 4.61. The minimum absolute atomic E-state index is 0.0751. The monoisotopic (exact) mass is 266 g/mol. The minimum Gasteiger partial charge on any atom is -0.392 e. The number of β-amino-alcohol motifs (C(OH)–C–C–N with tert-alkyl or cyclic N) is 1. The molecule has 3 aliphatic rings. The Labute approximate surface area is 115 Å². The molecule has 108 valence electrons. The van der Waals surface area contributed by atoms with Crippen molar-refractivity contribution in [3.05, 3.63) is 0 Å². The van der Waals surface area contributed by atoms with Crippen LogP contribution in [-0.4, -0.2) is 35.7 Å². The van der Waals surface area contributed by atoms with Crippen LogP contribution < -0.4 is 10.6 Å². The Morgan fingerprint density at radius 3 is 2.53 bits per heavy atom. The largest absolute Gasteiger partial charge is 0.392 e. The number of fused-ring (bicyclic) bond motifs is 2. The van der Waals surface area contributed by atoms with Crippen molar-refractivity contribution in [3.8, 4) is 0 Å². The van der Waals surface area contributed by atoms with E-state index in [2.05, 4.69) is 31.4 Å². The lowest BCUT2D eigenvalue weighted by Gasteiger charge is -2.39. The third-order valence-corrected chi connectivity index (χ3v) is 6.53. The maximum atomic E-state index is 12.3. The van der Waals surface area contributed by atoms with Crippen molar-refractivity contribution in [1.82, 2.24) is 10.6 Å². The summed E-state index contributed by atoms with van der Waals surface area (Å²) in [6.07, 6.45) is 3.81. The fraction of sp³-hybridized carbons (Fsp3) is 0.933. The standard InChI is InChI=1S/C15H26N2O2/c1-14(2)9-4-5-15(14,3)12(6-9)17-13(19)11-7-10(18)8-16-11/h9-12,16,18H,4-8H2,1-3H3,(H,17,19). The van der Waals surface area contributed by atoms with E-state index in [4.69, 9.17) is 0 Å². The molecular formula is C15H26N2O2. The third kappa shape index (κ3) is 1.83. The molecule has 1 heterocycles. The van der Waals surface area contributed by atoms with Crippen LogP contribution in [-0.2, 0) is 4.79 Å². The molecule has 1 aliphatic heterocycles. The van der Waals surface area contributed by atoms with Crippen LogP contribution >= 0.6 is 0 Å². The van der Waals surface area contributed by atoms with Crippen molar-refractivity contribution in [2.45, 2.75) is 64.6 Å². The van der Waals surface area contributed by atoms with E-state index in [1.54, 1.807) is 0 Å². The van der Waals surface area contributed by atoms with Gasteiger partial charge in [0.2, 0.25) is 5.91 Å². The molecule has 4 nitrogen and oxygen atoms in total. The van der Waals surface area contributed by atoms with Gasteiger partial charge in [-0.2, -0.15) is 0 Å². The SMILES string of the molecule is CC1(C)C2CCC1(C)C(NC(=O)C1CC(O)CN1)C2. The van der Waals surface area contributed by atoms with Gasteiger partial charge < -0.3 is 15.7 Å². The second kappa shape index (κ2) is 4.19. The average molecular weight is 266 g/mol. The van der Waals surface area contributed by atoms with Crippen LogP contribution in [0.1, 0.15) is 46.5 Å². The molecule has 4 heteroatoms. The lowest BCUT2D eigenvalue weighted by molar-refractivity contribution is -0.124. The molecule has 0 aromatic carbocycles. The van der Waals surface area contributed by atoms with Crippen LogP contribution in [0.4, 0.5) is 0 Å². The summed E-state index contributed by atoms with van der Waals surface area (Å²) in [5, 5.41) is 15.9. The fourth-order valence-electron chi connectivity index (χ4n) is 4.61. The predicted octanol–water partition coefficient (Wildman–Crippen LogP) is 1.04. The molecule has 19 heavy (non-hydrogen) atoms. The first-order valence-corrected chi connectivity index (χ1v) is 7.56. The highest BCUT2D eigenvalue weighted by Gasteiger charge is 2.61. The molecule has 2 aliphatic carbocycles. The minimum atomic E-state index is -0.372. The van der Waals surface area contributed by atoms with Gasteiger partial charge in [-0.1, -0.05) is 20.8 Å². The predicted molar refractivity (Wildman–Crippen MR) is 73.6 cm³/mol. The van der Waals surface area contributed by atoms with Crippen LogP contribution in [0.25, 0.3) is 0 Å². The number of rotatable bonds is 2. The Bertz CT molecular complexity index is 396. The summed E-state index contributed by atoms with van der Waals surface area (Å²) in [5.41, 5.74) is 0.554. The second-order valence-electron chi connectivity index (χ2n) is 7.52. The smallest absolute Gasteiger partial charge is 0.237 e. The van der Waals surface area contributed by atoms with Gasteiger partial charge in [0, 0.05) is 12.6 Å². The normalized spacial score (nSPS) is 47.6. The van der Waals surface area contributed by atoms with Gasteiger partial charge in [-0.05, 0) is 42.4 Å². The summed E-state index contributed by atoms with van der Waals surface area (Å²) >= 11 is 0. The van der Waals surface area contributed by atoms with Gasteiger partial charge in [0.05, 0.1) is 12.1 Å². The first-order chi connectivity index (χ1) is 8.84. The van der Waals surface area contributed by atoms with Crippen molar-refractivity contribution in [3.63, 3.8) is 0 Å². The molecule has 5 atom stereocenters. The highest BCUT2D eigenvalue weighted by atomic mass is 16.3. The number of hydrogen-bond acceptors (Lipinski definition) is 3. The molecule has 3 rings (SSSR count). The van der Waals surface area contributed by atoms with E-state index in [0.717, 1.165) is 12.3 Å². The summed E-state index contributed by atoms with van der Waals surface area (Å²) in [7, 11) is 0. The molecule has 0 aromatic rings. The highest BCUT2D eigenvalue weighted by Crippen LogP contribution is 2.65. The Morgan fingerprint density at radius 1 is 1.32 bits per heavy atom. The van der Waals surface area contributed by atoms with Crippen molar-refractivity contribution in [2.24, 2.45) is 16.7 Å². The summed E-state index contributed by atoms with van der Waals surface area (Å²) in [4.78, 5) is 12.3. The van der Waals surface area contributed by atoms with E-state index < -0.39 is 0 Å². The van der Waals surface area contributed by atoms with E-state index in [1.807, 2.05) is 0 Å². The molecule has 1 amide bonds. The average Bonchev–Trinajstić information content (AvgIpc) is 2.91. The topological polar surface area (TPSA) is 61.4 Å². The molecular weight excluding hydrogens is 240 g/mol. The third-order valence-electron chi connectivity index (χ3n) is 6.53. The lowest BCUT2D eigenvalue weighted by atomic mass is 9.69. The van der Waals surface area contributed by atoms with Gasteiger partial charge in [-0.3, -0.25) is 4.79 Å². The summed E-state index contributed by atoms with van der Waals surface area (Å²) in [6, 6.07) is 0.0918. The molecule has 0 radical (unpaired) electrons.